The monoisotopic (exact) mass is 226 g/mol. The van der Waals surface area contributed by atoms with E-state index in [1.165, 1.54) is 15.3 Å². The zero-order valence-electron chi connectivity index (χ0n) is 9.97. The predicted octanol–water partition coefficient (Wildman–Crippen LogP) is 2.13. The molecule has 1 aromatic rings. The third kappa shape index (κ3) is 3.03. The zero-order chi connectivity index (χ0) is 11.3. The van der Waals surface area contributed by atoms with E-state index in [1.54, 1.807) is 0 Å². The zero-order valence-corrected chi connectivity index (χ0v) is 10.8. The van der Waals surface area contributed by atoms with Crippen LogP contribution in [0.15, 0.2) is 6.07 Å². The molecule has 0 bridgehead atoms. The van der Waals surface area contributed by atoms with Crippen molar-refractivity contribution in [1.29, 1.82) is 0 Å². The Morgan fingerprint density at radius 3 is 2.60 bits per heavy atom. The Morgan fingerprint density at radius 2 is 2.13 bits per heavy atom. The molecule has 3 N–H and O–H groups in total. The minimum atomic E-state index is 0.482. The fourth-order valence-electron chi connectivity index (χ4n) is 1.83. The first-order valence-corrected chi connectivity index (χ1v) is 6.54. The van der Waals surface area contributed by atoms with E-state index >= 15 is 0 Å². The predicted molar refractivity (Wildman–Crippen MR) is 68.8 cm³/mol. The van der Waals surface area contributed by atoms with Gasteiger partial charge < -0.3 is 11.1 Å². The molecule has 1 heterocycles. The number of aryl methyl sites for hydroxylation is 2. The summed E-state index contributed by atoms with van der Waals surface area (Å²) in [7, 11) is 1.99. The molecule has 0 aromatic carbocycles. The molecule has 2 nitrogen and oxygen atoms in total. The Kier molecular flexibility index (Phi) is 5.29. The lowest BCUT2D eigenvalue weighted by Crippen LogP contribution is -2.23. The maximum atomic E-state index is 5.83. The van der Waals surface area contributed by atoms with Crippen LogP contribution in [0.4, 0.5) is 0 Å². The lowest BCUT2D eigenvalue weighted by atomic mass is 10.0. The van der Waals surface area contributed by atoms with Gasteiger partial charge in [-0.15, -0.1) is 11.3 Å². The topological polar surface area (TPSA) is 38.0 Å². The van der Waals surface area contributed by atoms with Gasteiger partial charge in [0.2, 0.25) is 0 Å². The highest BCUT2D eigenvalue weighted by atomic mass is 32.1. The van der Waals surface area contributed by atoms with Gasteiger partial charge in [0, 0.05) is 28.8 Å². The van der Waals surface area contributed by atoms with E-state index in [0.717, 1.165) is 25.9 Å². The van der Waals surface area contributed by atoms with Crippen molar-refractivity contribution in [3.63, 3.8) is 0 Å². The maximum Gasteiger partial charge on any atom is 0.0183 e. The molecule has 1 atom stereocenters. The second-order valence-electron chi connectivity index (χ2n) is 3.80. The molecule has 15 heavy (non-hydrogen) atoms. The number of nitrogens with two attached hydrogens (primary N) is 1. The largest absolute Gasteiger partial charge is 0.330 e. The van der Waals surface area contributed by atoms with Gasteiger partial charge in [0.1, 0.15) is 0 Å². The summed E-state index contributed by atoms with van der Waals surface area (Å²) < 4.78 is 0. The summed E-state index contributed by atoms with van der Waals surface area (Å²) in [4.78, 5) is 2.97. The summed E-state index contributed by atoms with van der Waals surface area (Å²) in [5, 5.41) is 3.22. The van der Waals surface area contributed by atoms with E-state index in [2.05, 4.69) is 25.2 Å². The quantitative estimate of drug-likeness (QED) is 0.780. The molecule has 0 saturated heterocycles. The Labute approximate surface area is 96.9 Å². The van der Waals surface area contributed by atoms with E-state index in [0.29, 0.717) is 5.92 Å². The van der Waals surface area contributed by atoms with Crippen LogP contribution in [0.25, 0.3) is 0 Å². The van der Waals surface area contributed by atoms with E-state index in [1.807, 2.05) is 18.4 Å². The highest BCUT2D eigenvalue weighted by molar-refractivity contribution is 7.12. The second kappa shape index (κ2) is 6.26. The van der Waals surface area contributed by atoms with Gasteiger partial charge >= 0.3 is 0 Å². The van der Waals surface area contributed by atoms with Crippen LogP contribution in [0.1, 0.15) is 35.1 Å². The maximum absolute atomic E-state index is 5.83. The van der Waals surface area contributed by atoms with Crippen molar-refractivity contribution in [2.75, 3.05) is 20.1 Å². The van der Waals surface area contributed by atoms with Gasteiger partial charge in [-0.25, -0.2) is 0 Å². The van der Waals surface area contributed by atoms with E-state index < -0.39 is 0 Å². The minimum absolute atomic E-state index is 0.482. The number of likely N-dealkylation sites (N-methyl/N-ethyl adjacent to an activating group) is 1. The van der Waals surface area contributed by atoms with Crippen molar-refractivity contribution >= 4 is 11.3 Å². The number of hydrogen-bond donors (Lipinski definition) is 2. The molecule has 0 fully saturated rings. The molecule has 0 saturated carbocycles. The van der Waals surface area contributed by atoms with Crippen LogP contribution in [0.5, 0.6) is 0 Å². The molecule has 1 rings (SSSR count). The van der Waals surface area contributed by atoms with Crippen LogP contribution in [0, 0.1) is 0 Å². The molecule has 0 aliphatic heterocycles. The highest BCUT2D eigenvalue weighted by Crippen LogP contribution is 2.29. The smallest absolute Gasteiger partial charge is 0.0183 e. The van der Waals surface area contributed by atoms with Gasteiger partial charge in [0.05, 0.1) is 0 Å². The Balaban J connectivity index is 2.93. The number of thiophene rings is 1. The Hall–Kier alpha value is -0.380. The molecule has 0 spiro atoms. The van der Waals surface area contributed by atoms with E-state index in [9.17, 15) is 0 Å². The summed E-state index contributed by atoms with van der Waals surface area (Å²) in [5.41, 5.74) is 7.32. The molecule has 1 unspecified atom stereocenters. The summed E-state index contributed by atoms with van der Waals surface area (Å²) in [6, 6.07) is 2.35. The van der Waals surface area contributed by atoms with Crippen LogP contribution < -0.4 is 11.1 Å². The van der Waals surface area contributed by atoms with E-state index in [4.69, 9.17) is 5.73 Å². The first-order valence-electron chi connectivity index (χ1n) is 5.72. The number of rotatable bonds is 6. The standard InChI is InChI=1S/C12H22N2S/c1-4-9-6-11(5-2)15-12(9)10(7-13)8-14-3/h6,10,14H,4-5,7-8,13H2,1-3H3. The van der Waals surface area contributed by atoms with Crippen LogP contribution >= 0.6 is 11.3 Å². The second-order valence-corrected chi connectivity index (χ2v) is 4.97. The minimum Gasteiger partial charge on any atom is -0.330 e. The molecule has 0 radical (unpaired) electrons. The van der Waals surface area contributed by atoms with Crippen LogP contribution in [-0.4, -0.2) is 20.1 Å². The lowest BCUT2D eigenvalue weighted by Gasteiger charge is -2.14. The average Bonchev–Trinajstić information content (AvgIpc) is 2.68. The summed E-state index contributed by atoms with van der Waals surface area (Å²) in [6.07, 6.45) is 2.25. The van der Waals surface area contributed by atoms with Gasteiger partial charge in [-0.05, 0) is 31.5 Å². The van der Waals surface area contributed by atoms with Crippen LogP contribution in [0.3, 0.4) is 0 Å². The Morgan fingerprint density at radius 1 is 1.40 bits per heavy atom. The van der Waals surface area contributed by atoms with Gasteiger partial charge in [0.25, 0.3) is 0 Å². The van der Waals surface area contributed by atoms with Crippen molar-refractivity contribution in [1.82, 2.24) is 5.32 Å². The van der Waals surface area contributed by atoms with Crippen molar-refractivity contribution in [3.8, 4) is 0 Å². The molecular weight excluding hydrogens is 204 g/mol. The molecule has 0 amide bonds. The fourth-order valence-corrected chi connectivity index (χ4v) is 3.14. The van der Waals surface area contributed by atoms with Crippen molar-refractivity contribution in [2.24, 2.45) is 5.73 Å². The number of nitrogens with one attached hydrogen (secondary N) is 1. The Bertz CT molecular complexity index is 294. The van der Waals surface area contributed by atoms with Crippen molar-refractivity contribution < 1.29 is 0 Å². The summed E-state index contributed by atoms with van der Waals surface area (Å²) >= 11 is 1.94. The number of hydrogen-bond acceptors (Lipinski definition) is 3. The molecule has 86 valence electrons. The molecule has 3 heteroatoms. The van der Waals surface area contributed by atoms with Crippen LogP contribution in [-0.2, 0) is 12.8 Å². The highest BCUT2D eigenvalue weighted by Gasteiger charge is 2.15. The SMILES string of the molecule is CCc1cc(CC)c(C(CN)CNC)s1. The van der Waals surface area contributed by atoms with E-state index in [-0.39, 0.29) is 0 Å². The van der Waals surface area contributed by atoms with Gasteiger partial charge in [-0.2, -0.15) is 0 Å². The molecule has 1 aromatic heterocycles. The average molecular weight is 226 g/mol. The first-order chi connectivity index (χ1) is 7.26. The third-order valence-electron chi connectivity index (χ3n) is 2.73. The summed E-state index contributed by atoms with van der Waals surface area (Å²) in [6.45, 7) is 6.15. The fraction of sp³-hybridized carbons (Fsp3) is 0.667. The van der Waals surface area contributed by atoms with Crippen molar-refractivity contribution in [2.45, 2.75) is 32.6 Å². The van der Waals surface area contributed by atoms with Gasteiger partial charge in [-0.1, -0.05) is 13.8 Å². The lowest BCUT2D eigenvalue weighted by molar-refractivity contribution is 0.642. The van der Waals surface area contributed by atoms with Gasteiger partial charge in [0.15, 0.2) is 0 Å². The van der Waals surface area contributed by atoms with Gasteiger partial charge in [-0.3, -0.25) is 0 Å². The van der Waals surface area contributed by atoms with Crippen molar-refractivity contribution in [3.05, 3.63) is 21.4 Å². The van der Waals surface area contributed by atoms with Crippen LogP contribution in [0.2, 0.25) is 0 Å². The molecule has 0 aliphatic carbocycles. The normalized spacial score (nSPS) is 13.1. The summed E-state index contributed by atoms with van der Waals surface area (Å²) in [5.74, 6) is 0.482. The third-order valence-corrected chi connectivity index (χ3v) is 4.21. The molecular formula is C12H22N2S. The first kappa shape index (κ1) is 12.7. The molecule has 0 aliphatic rings.